The molecule has 0 saturated carbocycles. The molecule has 0 fully saturated rings. The van der Waals surface area contributed by atoms with Gasteiger partial charge in [-0.3, -0.25) is 0 Å². The summed E-state index contributed by atoms with van der Waals surface area (Å²) in [6.45, 7) is 0.787. The summed E-state index contributed by atoms with van der Waals surface area (Å²) in [5, 5.41) is 0. The summed E-state index contributed by atoms with van der Waals surface area (Å²) >= 11 is 0. The van der Waals surface area contributed by atoms with Gasteiger partial charge in [0.15, 0.2) is 11.5 Å². The largest absolute Gasteiger partial charge is 0.493 e. The van der Waals surface area contributed by atoms with Crippen molar-refractivity contribution in [3.63, 3.8) is 0 Å². The fourth-order valence-corrected chi connectivity index (χ4v) is 2.37. The maximum atomic E-state index is 13.5. The highest BCUT2D eigenvalue weighted by Gasteiger charge is 2.17. The minimum atomic E-state index is -0.572. The molecule has 130 valence electrons. The first-order valence-corrected chi connectivity index (χ1v) is 7.73. The molecule has 5 nitrogen and oxygen atoms in total. The van der Waals surface area contributed by atoms with Crippen molar-refractivity contribution >= 4 is 12.0 Å². The lowest BCUT2D eigenvalue weighted by atomic mass is 10.1. The highest BCUT2D eigenvalue weighted by atomic mass is 19.1. The van der Waals surface area contributed by atoms with Crippen LogP contribution < -0.4 is 14.2 Å². The number of carbonyl (C=O) groups is 1. The molecule has 25 heavy (non-hydrogen) atoms. The summed E-state index contributed by atoms with van der Waals surface area (Å²) in [5.74, 6) is 0.655. The zero-order chi connectivity index (χ0) is 17.6. The lowest BCUT2D eigenvalue weighted by Gasteiger charge is -2.20. The van der Waals surface area contributed by atoms with E-state index in [1.165, 1.54) is 19.3 Å². The van der Waals surface area contributed by atoms with Crippen molar-refractivity contribution in [2.24, 2.45) is 0 Å². The van der Waals surface area contributed by atoms with Crippen molar-refractivity contribution in [1.29, 1.82) is 0 Å². The Morgan fingerprint density at radius 2 is 2.04 bits per heavy atom. The van der Waals surface area contributed by atoms with Gasteiger partial charge in [0.1, 0.15) is 25.6 Å². The average molecular weight is 344 g/mol. The number of halogens is 1. The van der Waals surface area contributed by atoms with Gasteiger partial charge in [-0.05, 0) is 29.8 Å². The van der Waals surface area contributed by atoms with Gasteiger partial charge in [-0.25, -0.2) is 9.18 Å². The fourth-order valence-electron chi connectivity index (χ4n) is 2.37. The minimum absolute atomic E-state index is 0.125. The third-order valence-corrected chi connectivity index (χ3v) is 3.59. The molecule has 0 amide bonds. The van der Waals surface area contributed by atoms with Crippen LogP contribution in [-0.2, 0) is 16.1 Å². The molecule has 0 aromatic heterocycles. The van der Waals surface area contributed by atoms with Gasteiger partial charge in [0.2, 0.25) is 5.75 Å². The first-order chi connectivity index (χ1) is 12.2. The predicted molar refractivity (Wildman–Crippen MR) is 89.2 cm³/mol. The van der Waals surface area contributed by atoms with Gasteiger partial charge >= 0.3 is 5.97 Å². The minimum Gasteiger partial charge on any atom is -0.493 e. The number of hydrogen-bond donors (Lipinski definition) is 0. The number of benzene rings is 2. The van der Waals surface area contributed by atoms with E-state index in [1.54, 1.807) is 36.4 Å². The number of fused-ring (bicyclic) bond motifs is 1. The number of rotatable bonds is 5. The summed E-state index contributed by atoms with van der Waals surface area (Å²) in [7, 11) is 1.53. The van der Waals surface area contributed by atoms with Crippen molar-refractivity contribution in [2.45, 2.75) is 6.61 Å². The number of hydrogen-bond acceptors (Lipinski definition) is 5. The first kappa shape index (κ1) is 16.8. The van der Waals surface area contributed by atoms with Crippen LogP contribution in [0.15, 0.2) is 42.5 Å². The summed E-state index contributed by atoms with van der Waals surface area (Å²) in [5.41, 5.74) is 1.02. The molecule has 2 aromatic carbocycles. The Kier molecular flexibility index (Phi) is 5.18. The molecule has 1 heterocycles. The van der Waals surface area contributed by atoms with Crippen molar-refractivity contribution in [2.75, 3.05) is 20.3 Å². The van der Waals surface area contributed by atoms with E-state index in [-0.39, 0.29) is 6.61 Å². The first-order valence-electron chi connectivity index (χ1n) is 7.73. The fraction of sp³-hybridized carbons (Fsp3) is 0.211. The SMILES string of the molecule is COc1cc(/C=C/C(=O)OCc2ccccc2F)cc2c1OCCO2. The molecule has 0 unspecified atom stereocenters. The Bertz CT molecular complexity index is 783. The van der Waals surface area contributed by atoms with E-state index < -0.39 is 11.8 Å². The molecule has 6 heteroatoms. The standard InChI is InChI=1S/C19H17FO5/c1-22-16-10-13(11-17-19(16)24-9-8-23-17)6-7-18(21)25-12-14-4-2-3-5-15(14)20/h2-7,10-11H,8-9,12H2,1H3/b7-6+. The van der Waals surface area contributed by atoms with Crippen LogP contribution >= 0.6 is 0 Å². The van der Waals surface area contributed by atoms with Crippen molar-refractivity contribution in [1.82, 2.24) is 0 Å². The number of carbonyl (C=O) groups excluding carboxylic acids is 1. The smallest absolute Gasteiger partial charge is 0.331 e. The van der Waals surface area contributed by atoms with Gasteiger partial charge in [-0.2, -0.15) is 0 Å². The van der Waals surface area contributed by atoms with Crippen LogP contribution in [0.2, 0.25) is 0 Å². The van der Waals surface area contributed by atoms with Crippen molar-refractivity contribution in [3.05, 3.63) is 59.4 Å². The van der Waals surface area contributed by atoms with Gasteiger partial charge in [-0.15, -0.1) is 0 Å². The second-order valence-electron chi connectivity index (χ2n) is 5.28. The van der Waals surface area contributed by atoms with Crippen molar-refractivity contribution in [3.8, 4) is 17.2 Å². The Hall–Kier alpha value is -3.02. The molecule has 1 aliphatic heterocycles. The second-order valence-corrected chi connectivity index (χ2v) is 5.28. The monoisotopic (exact) mass is 344 g/mol. The van der Waals surface area contributed by atoms with E-state index in [9.17, 15) is 9.18 Å². The molecular formula is C19H17FO5. The normalized spacial score (nSPS) is 12.9. The topological polar surface area (TPSA) is 54.0 Å². The van der Waals surface area contributed by atoms with E-state index in [0.29, 0.717) is 41.6 Å². The molecule has 0 bridgehead atoms. The molecule has 0 N–H and O–H groups in total. The highest BCUT2D eigenvalue weighted by molar-refractivity contribution is 5.87. The molecular weight excluding hydrogens is 327 g/mol. The molecule has 0 atom stereocenters. The summed E-state index contributed by atoms with van der Waals surface area (Å²) in [6.07, 6.45) is 2.84. The van der Waals surface area contributed by atoms with Crippen LogP contribution in [0.5, 0.6) is 17.2 Å². The lowest BCUT2D eigenvalue weighted by Crippen LogP contribution is -2.16. The Labute approximate surface area is 144 Å². The van der Waals surface area contributed by atoms with E-state index in [0.717, 1.165) is 0 Å². The zero-order valence-electron chi connectivity index (χ0n) is 13.7. The zero-order valence-corrected chi connectivity index (χ0v) is 13.7. The number of ether oxygens (including phenoxy) is 4. The molecule has 0 spiro atoms. The van der Waals surface area contributed by atoms with E-state index in [4.69, 9.17) is 18.9 Å². The average Bonchev–Trinajstić information content (AvgIpc) is 2.65. The maximum Gasteiger partial charge on any atom is 0.331 e. The van der Waals surface area contributed by atoms with E-state index in [1.807, 2.05) is 0 Å². The van der Waals surface area contributed by atoms with Crippen LogP contribution in [0.4, 0.5) is 4.39 Å². The number of methoxy groups -OCH3 is 1. The summed E-state index contributed by atoms with van der Waals surface area (Å²) < 4.78 is 34.9. The van der Waals surface area contributed by atoms with Gasteiger partial charge in [0.25, 0.3) is 0 Å². The quantitative estimate of drug-likeness (QED) is 0.615. The van der Waals surface area contributed by atoms with Crippen LogP contribution in [0.3, 0.4) is 0 Å². The van der Waals surface area contributed by atoms with Gasteiger partial charge in [0, 0.05) is 11.6 Å². The Balaban J connectivity index is 1.67. The molecule has 0 saturated heterocycles. The molecule has 0 aliphatic carbocycles. The molecule has 3 rings (SSSR count). The van der Waals surface area contributed by atoms with Crippen LogP contribution in [-0.4, -0.2) is 26.3 Å². The third-order valence-electron chi connectivity index (χ3n) is 3.59. The highest BCUT2D eigenvalue weighted by Crippen LogP contribution is 2.40. The third kappa shape index (κ3) is 4.09. The Morgan fingerprint density at radius 3 is 2.84 bits per heavy atom. The molecule has 1 aliphatic rings. The van der Waals surface area contributed by atoms with Crippen LogP contribution in [0.1, 0.15) is 11.1 Å². The second kappa shape index (κ2) is 7.70. The number of esters is 1. The van der Waals surface area contributed by atoms with Crippen LogP contribution in [0.25, 0.3) is 6.08 Å². The molecule has 2 aromatic rings. The maximum absolute atomic E-state index is 13.5. The van der Waals surface area contributed by atoms with Crippen LogP contribution in [0, 0.1) is 5.82 Å². The molecule has 0 radical (unpaired) electrons. The van der Waals surface area contributed by atoms with E-state index in [2.05, 4.69) is 0 Å². The lowest BCUT2D eigenvalue weighted by molar-refractivity contribution is -0.138. The van der Waals surface area contributed by atoms with Gasteiger partial charge < -0.3 is 18.9 Å². The van der Waals surface area contributed by atoms with Crippen molar-refractivity contribution < 1.29 is 28.1 Å². The Morgan fingerprint density at radius 1 is 1.24 bits per heavy atom. The van der Waals surface area contributed by atoms with E-state index >= 15 is 0 Å². The summed E-state index contributed by atoms with van der Waals surface area (Å²) in [6, 6.07) is 9.63. The predicted octanol–water partition coefficient (Wildman–Crippen LogP) is 3.36. The van der Waals surface area contributed by atoms with Gasteiger partial charge in [0.05, 0.1) is 7.11 Å². The summed E-state index contributed by atoms with van der Waals surface area (Å²) in [4.78, 5) is 11.8. The van der Waals surface area contributed by atoms with Gasteiger partial charge in [-0.1, -0.05) is 18.2 Å².